The molecule has 0 bridgehead atoms. The molecule has 0 aromatic rings. The second-order valence-corrected chi connectivity index (χ2v) is 5.42. The van der Waals surface area contributed by atoms with Crippen LogP contribution in [0, 0.1) is 11.8 Å². The smallest absolute Gasteiger partial charge is 0.0692 e. The third-order valence-electron chi connectivity index (χ3n) is 3.93. The van der Waals surface area contributed by atoms with Gasteiger partial charge in [-0.2, -0.15) is 0 Å². The predicted molar refractivity (Wildman–Crippen MR) is 62.8 cm³/mol. The van der Waals surface area contributed by atoms with Gasteiger partial charge in [-0.05, 0) is 44.1 Å². The van der Waals surface area contributed by atoms with Crippen LogP contribution in [0.4, 0.5) is 0 Å². The van der Waals surface area contributed by atoms with Gasteiger partial charge >= 0.3 is 0 Å². The molecule has 0 aromatic heterocycles. The largest absolute Gasteiger partial charge is 0.392 e. The lowest BCUT2D eigenvalue weighted by molar-refractivity contribution is 0.147. The lowest BCUT2D eigenvalue weighted by atomic mass is 10.0. The van der Waals surface area contributed by atoms with Gasteiger partial charge in [-0.1, -0.05) is 25.7 Å². The number of hydrogen-bond acceptors (Lipinski definition) is 2. The van der Waals surface area contributed by atoms with E-state index in [4.69, 9.17) is 0 Å². The van der Waals surface area contributed by atoms with Crippen molar-refractivity contribution in [1.82, 2.24) is 5.32 Å². The quantitative estimate of drug-likeness (QED) is 0.684. The second kappa shape index (κ2) is 5.86. The molecular formula is C13H25NO. The Labute approximate surface area is 93.5 Å². The van der Waals surface area contributed by atoms with E-state index in [2.05, 4.69) is 5.32 Å². The highest BCUT2D eigenvalue weighted by Crippen LogP contribution is 2.32. The molecule has 0 amide bonds. The molecule has 0 spiro atoms. The van der Waals surface area contributed by atoms with Crippen molar-refractivity contribution in [3.8, 4) is 0 Å². The van der Waals surface area contributed by atoms with Crippen molar-refractivity contribution in [2.75, 3.05) is 13.1 Å². The molecule has 1 unspecified atom stereocenters. The van der Waals surface area contributed by atoms with E-state index in [-0.39, 0.29) is 6.10 Å². The number of rotatable bonds is 5. The fourth-order valence-corrected chi connectivity index (χ4v) is 2.65. The fourth-order valence-electron chi connectivity index (χ4n) is 2.65. The number of nitrogens with one attached hydrogen (secondary N) is 1. The van der Waals surface area contributed by atoms with E-state index >= 15 is 0 Å². The van der Waals surface area contributed by atoms with Crippen LogP contribution in [-0.2, 0) is 0 Å². The summed E-state index contributed by atoms with van der Waals surface area (Å²) in [5.41, 5.74) is 0. The molecule has 15 heavy (non-hydrogen) atoms. The summed E-state index contributed by atoms with van der Waals surface area (Å²) in [6, 6.07) is 0. The maximum absolute atomic E-state index is 9.71. The molecule has 2 N–H and O–H groups in total. The second-order valence-electron chi connectivity index (χ2n) is 5.42. The molecule has 1 atom stereocenters. The minimum absolute atomic E-state index is 0.0734. The molecule has 2 saturated carbocycles. The van der Waals surface area contributed by atoms with Crippen LogP contribution in [0.1, 0.15) is 51.4 Å². The third-order valence-corrected chi connectivity index (χ3v) is 3.93. The van der Waals surface area contributed by atoms with Crippen LogP contribution in [0.15, 0.2) is 0 Å². The van der Waals surface area contributed by atoms with Crippen LogP contribution in [0.2, 0.25) is 0 Å². The SMILES string of the molecule is OC(CNCC1CCCCCC1)C1CC1. The maximum atomic E-state index is 9.71. The van der Waals surface area contributed by atoms with E-state index in [0.717, 1.165) is 19.0 Å². The van der Waals surface area contributed by atoms with E-state index in [1.165, 1.54) is 51.4 Å². The van der Waals surface area contributed by atoms with E-state index < -0.39 is 0 Å². The topological polar surface area (TPSA) is 32.3 Å². The Kier molecular flexibility index (Phi) is 4.45. The summed E-state index contributed by atoms with van der Waals surface area (Å²) in [6.07, 6.45) is 10.9. The summed E-state index contributed by atoms with van der Waals surface area (Å²) in [5, 5.41) is 13.2. The van der Waals surface area contributed by atoms with Crippen molar-refractivity contribution in [2.24, 2.45) is 11.8 Å². The monoisotopic (exact) mass is 211 g/mol. The van der Waals surface area contributed by atoms with Crippen LogP contribution >= 0.6 is 0 Å². The first kappa shape index (κ1) is 11.4. The molecule has 0 saturated heterocycles. The molecule has 2 fully saturated rings. The summed E-state index contributed by atoms with van der Waals surface area (Å²) >= 11 is 0. The average molecular weight is 211 g/mol. The van der Waals surface area contributed by atoms with Gasteiger partial charge < -0.3 is 10.4 Å². The molecule has 0 aromatic carbocycles. The molecule has 0 aliphatic heterocycles. The minimum atomic E-state index is -0.0734. The Hall–Kier alpha value is -0.0800. The van der Waals surface area contributed by atoms with Crippen LogP contribution in [-0.4, -0.2) is 24.3 Å². The van der Waals surface area contributed by atoms with Crippen molar-refractivity contribution in [1.29, 1.82) is 0 Å². The lowest BCUT2D eigenvalue weighted by Crippen LogP contribution is -2.32. The van der Waals surface area contributed by atoms with Gasteiger partial charge in [0.2, 0.25) is 0 Å². The standard InChI is InChI=1S/C13H25NO/c15-13(12-7-8-12)10-14-9-11-5-3-1-2-4-6-11/h11-15H,1-10H2. The molecule has 2 aliphatic carbocycles. The van der Waals surface area contributed by atoms with Crippen LogP contribution < -0.4 is 5.32 Å². The molecule has 2 aliphatic rings. The van der Waals surface area contributed by atoms with Gasteiger partial charge in [-0.25, -0.2) is 0 Å². The Morgan fingerprint density at radius 3 is 2.27 bits per heavy atom. The zero-order chi connectivity index (χ0) is 10.5. The van der Waals surface area contributed by atoms with Gasteiger partial charge in [0.05, 0.1) is 6.10 Å². The molecule has 2 heteroatoms. The lowest BCUT2D eigenvalue weighted by Gasteiger charge is -2.16. The van der Waals surface area contributed by atoms with Gasteiger partial charge in [0, 0.05) is 6.54 Å². The third kappa shape index (κ3) is 4.12. The van der Waals surface area contributed by atoms with Crippen molar-refractivity contribution < 1.29 is 5.11 Å². The van der Waals surface area contributed by atoms with Gasteiger partial charge in [0.15, 0.2) is 0 Å². The highest BCUT2D eigenvalue weighted by atomic mass is 16.3. The van der Waals surface area contributed by atoms with Crippen molar-refractivity contribution in [3.63, 3.8) is 0 Å². The summed E-state index contributed by atoms with van der Waals surface area (Å²) in [7, 11) is 0. The van der Waals surface area contributed by atoms with Crippen LogP contribution in [0.25, 0.3) is 0 Å². The van der Waals surface area contributed by atoms with Gasteiger partial charge in [0.25, 0.3) is 0 Å². The highest BCUT2D eigenvalue weighted by molar-refractivity contribution is 4.82. The molecule has 88 valence electrons. The Morgan fingerprint density at radius 1 is 1.00 bits per heavy atom. The molecule has 0 heterocycles. The Morgan fingerprint density at radius 2 is 1.67 bits per heavy atom. The minimum Gasteiger partial charge on any atom is -0.392 e. The Bertz CT molecular complexity index is 171. The summed E-state index contributed by atoms with van der Waals surface area (Å²) in [4.78, 5) is 0. The normalized spacial score (nSPS) is 26.2. The van der Waals surface area contributed by atoms with E-state index in [1.54, 1.807) is 0 Å². The first-order valence-electron chi connectivity index (χ1n) is 6.75. The first-order valence-corrected chi connectivity index (χ1v) is 6.75. The molecule has 0 radical (unpaired) electrons. The summed E-state index contributed by atoms with van der Waals surface area (Å²) in [5.74, 6) is 1.49. The molecule has 2 rings (SSSR count). The maximum Gasteiger partial charge on any atom is 0.0692 e. The van der Waals surface area contributed by atoms with Crippen molar-refractivity contribution >= 4 is 0 Å². The fraction of sp³-hybridized carbons (Fsp3) is 1.00. The van der Waals surface area contributed by atoms with Crippen LogP contribution in [0.5, 0.6) is 0 Å². The molecule has 2 nitrogen and oxygen atoms in total. The van der Waals surface area contributed by atoms with Gasteiger partial charge in [-0.15, -0.1) is 0 Å². The molecular weight excluding hydrogens is 186 g/mol. The zero-order valence-corrected chi connectivity index (χ0v) is 9.75. The number of aliphatic hydroxyl groups is 1. The predicted octanol–water partition coefficient (Wildman–Crippen LogP) is 2.32. The number of aliphatic hydroxyl groups excluding tert-OH is 1. The van der Waals surface area contributed by atoms with Crippen LogP contribution in [0.3, 0.4) is 0 Å². The van der Waals surface area contributed by atoms with Gasteiger partial charge in [0.1, 0.15) is 0 Å². The first-order chi connectivity index (χ1) is 7.36. The van der Waals surface area contributed by atoms with E-state index in [9.17, 15) is 5.11 Å². The Balaban J connectivity index is 1.55. The van der Waals surface area contributed by atoms with E-state index in [1.807, 2.05) is 0 Å². The summed E-state index contributed by atoms with van der Waals surface area (Å²) < 4.78 is 0. The van der Waals surface area contributed by atoms with Gasteiger partial charge in [-0.3, -0.25) is 0 Å². The van der Waals surface area contributed by atoms with Crippen molar-refractivity contribution in [3.05, 3.63) is 0 Å². The summed E-state index contributed by atoms with van der Waals surface area (Å²) in [6.45, 7) is 1.95. The average Bonchev–Trinajstić information content (AvgIpc) is 3.06. The zero-order valence-electron chi connectivity index (χ0n) is 9.75. The van der Waals surface area contributed by atoms with E-state index in [0.29, 0.717) is 5.92 Å². The number of hydrogen-bond donors (Lipinski definition) is 2. The highest BCUT2D eigenvalue weighted by Gasteiger charge is 2.29. The van der Waals surface area contributed by atoms with Crippen molar-refractivity contribution in [2.45, 2.75) is 57.5 Å².